The first-order chi connectivity index (χ1) is 9.25. The molecule has 1 heterocycles. The molecular formula is C14H18N2O3. The van der Waals surface area contributed by atoms with Crippen molar-refractivity contribution in [1.29, 1.82) is 0 Å². The van der Waals surface area contributed by atoms with E-state index in [-0.39, 0.29) is 18.4 Å². The molecule has 1 aliphatic rings. The molecule has 5 heteroatoms. The molecule has 0 radical (unpaired) electrons. The Morgan fingerprint density at radius 1 is 1.21 bits per heavy atom. The minimum Gasteiger partial charge on any atom is -0.494 e. The van der Waals surface area contributed by atoms with Crippen molar-refractivity contribution in [2.24, 2.45) is 0 Å². The Hall–Kier alpha value is -2.04. The van der Waals surface area contributed by atoms with Crippen molar-refractivity contribution in [3.05, 3.63) is 30.3 Å². The van der Waals surface area contributed by atoms with Crippen LogP contribution in [0, 0.1) is 0 Å². The molecule has 1 N–H and O–H groups in total. The van der Waals surface area contributed by atoms with Crippen LogP contribution in [-0.4, -0.2) is 43.0 Å². The van der Waals surface area contributed by atoms with Crippen LogP contribution in [0.5, 0.6) is 5.75 Å². The highest BCUT2D eigenvalue weighted by atomic mass is 16.5. The number of carbonyl (C=O) groups is 2. The lowest BCUT2D eigenvalue weighted by atomic mass is 10.3. The lowest BCUT2D eigenvalue weighted by Gasteiger charge is -2.19. The van der Waals surface area contributed by atoms with Crippen molar-refractivity contribution >= 4 is 11.8 Å². The number of ether oxygens (including phenoxy) is 1. The highest BCUT2D eigenvalue weighted by molar-refractivity contribution is 5.87. The van der Waals surface area contributed by atoms with Crippen molar-refractivity contribution in [3.63, 3.8) is 0 Å². The van der Waals surface area contributed by atoms with Gasteiger partial charge in [0.25, 0.3) is 0 Å². The summed E-state index contributed by atoms with van der Waals surface area (Å²) in [4.78, 5) is 24.6. The smallest absolute Gasteiger partial charge is 0.241 e. The van der Waals surface area contributed by atoms with Gasteiger partial charge in [-0.05, 0) is 18.6 Å². The topological polar surface area (TPSA) is 58.6 Å². The molecule has 5 nitrogen and oxygen atoms in total. The summed E-state index contributed by atoms with van der Waals surface area (Å²) < 4.78 is 5.56. The lowest BCUT2D eigenvalue weighted by molar-refractivity contribution is -0.130. The summed E-state index contributed by atoms with van der Waals surface area (Å²) in [7, 11) is 0. The van der Waals surface area contributed by atoms with Crippen LogP contribution in [0.4, 0.5) is 0 Å². The number of nitrogens with one attached hydrogen (secondary N) is 1. The summed E-state index contributed by atoms with van der Waals surface area (Å²) in [5, 5.41) is 2.58. The standard InChI is InChI=1S/C14H18N2O3/c17-13-7-9-16(14(18)11-15-13)8-4-10-19-12-5-2-1-3-6-12/h1-3,5-6H,4,7-11H2,(H,15,17). The maximum absolute atomic E-state index is 11.7. The lowest BCUT2D eigenvalue weighted by Crippen LogP contribution is -2.36. The van der Waals surface area contributed by atoms with E-state index in [2.05, 4.69) is 5.32 Å². The zero-order valence-corrected chi connectivity index (χ0v) is 10.8. The van der Waals surface area contributed by atoms with Gasteiger partial charge in [-0.3, -0.25) is 9.59 Å². The van der Waals surface area contributed by atoms with E-state index in [4.69, 9.17) is 4.74 Å². The Bertz CT molecular complexity index is 434. The first-order valence-electron chi connectivity index (χ1n) is 6.48. The van der Waals surface area contributed by atoms with Crippen LogP contribution >= 0.6 is 0 Å². The van der Waals surface area contributed by atoms with Gasteiger partial charge >= 0.3 is 0 Å². The van der Waals surface area contributed by atoms with E-state index in [9.17, 15) is 9.59 Å². The summed E-state index contributed by atoms with van der Waals surface area (Å²) in [6, 6.07) is 9.59. The number of amides is 2. The summed E-state index contributed by atoms with van der Waals surface area (Å²) in [6.45, 7) is 1.80. The summed E-state index contributed by atoms with van der Waals surface area (Å²) in [5.74, 6) is 0.753. The minimum atomic E-state index is -0.0589. The average Bonchev–Trinajstić information content (AvgIpc) is 2.59. The number of rotatable bonds is 5. The Labute approximate surface area is 112 Å². The Morgan fingerprint density at radius 3 is 2.79 bits per heavy atom. The van der Waals surface area contributed by atoms with Gasteiger partial charge in [0.2, 0.25) is 11.8 Å². The van der Waals surface area contributed by atoms with E-state index in [1.54, 1.807) is 4.90 Å². The fourth-order valence-electron chi connectivity index (χ4n) is 1.93. The molecule has 0 unspecified atom stereocenters. The third kappa shape index (κ3) is 4.28. The molecule has 1 aromatic carbocycles. The van der Waals surface area contributed by atoms with Crippen molar-refractivity contribution in [1.82, 2.24) is 10.2 Å². The second kappa shape index (κ2) is 6.78. The summed E-state index contributed by atoms with van der Waals surface area (Å²) >= 11 is 0. The van der Waals surface area contributed by atoms with E-state index < -0.39 is 0 Å². The molecule has 0 aliphatic carbocycles. The quantitative estimate of drug-likeness (QED) is 0.799. The van der Waals surface area contributed by atoms with Gasteiger partial charge in [0.15, 0.2) is 0 Å². The van der Waals surface area contributed by atoms with Crippen LogP contribution in [0.25, 0.3) is 0 Å². The number of hydrogen-bond donors (Lipinski definition) is 1. The molecular weight excluding hydrogens is 244 g/mol. The largest absolute Gasteiger partial charge is 0.494 e. The zero-order valence-electron chi connectivity index (χ0n) is 10.8. The molecule has 19 heavy (non-hydrogen) atoms. The van der Waals surface area contributed by atoms with Crippen molar-refractivity contribution in [3.8, 4) is 5.75 Å². The highest BCUT2D eigenvalue weighted by Crippen LogP contribution is 2.08. The van der Waals surface area contributed by atoms with Crippen LogP contribution in [-0.2, 0) is 9.59 Å². The fourth-order valence-corrected chi connectivity index (χ4v) is 1.93. The number of hydrogen-bond acceptors (Lipinski definition) is 3. The second-order valence-corrected chi connectivity index (χ2v) is 4.42. The van der Waals surface area contributed by atoms with Crippen LogP contribution in [0.15, 0.2) is 30.3 Å². The summed E-state index contributed by atoms with van der Waals surface area (Å²) in [6.07, 6.45) is 1.14. The SMILES string of the molecule is O=C1CCN(CCCOc2ccccc2)C(=O)CN1. The van der Waals surface area contributed by atoms with Crippen molar-refractivity contribution < 1.29 is 14.3 Å². The normalized spacial score (nSPS) is 15.9. The molecule has 0 atom stereocenters. The van der Waals surface area contributed by atoms with Gasteiger partial charge in [0, 0.05) is 19.5 Å². The van der Waals surface area contributed by atoms with Crippen LogP contribution in [0.2, 0.25) is 0 Å². The number of carbonyl (C=O) groups excluding carboxylic acids is 2. The van der Waals surface area contributed by atoms with E-state index in [1.807, 2.05) is 30.3 Å². The molecule has 1 fully saturated rings. The van der Waals surface area contributed by atoms with Gasteiger partial charge in [0.1, 0.15) is 5.75 Å². The van der Waals surface area contributed by atoms with E-state index in [1.165, 1.54) is 0 Å². The van der Waals surface area contributed by atoms with E-state index in [0.717, 1.165) is 12.2 Å². The van der Waals surface area contributed by atoms with Gasteiger partial charge in [0.05, 0.1) is 13.2 Å². The molecule has 2 rings (SSSR count). The number of para-hydroxylation sites is 1. The maximum atomic E-state index is 11.7. The average molecular weight is 262 g/mol. The molecule has 0 bridgehead atoms. The second-order valence-electron chi connectivity index (χ2n) is 4.42. The van der Waals surface area contributed by atoms with Gasteiger partial charge in [-0.25, -0.2) is 0 Å². The van der Waals surface area contributed by atoms with Gasteiger partial charge in [-0.2, -0.15) is 0 Å². The van der Waals surface area contributed by atoms with Crippen molar-refractivity contribution in [2.45, 2.75) is 12.8 Å². The molecule has 102 valence electrons. The number of nitrogens with zero attached hydrogens (tertiary/aromatic N) is 1. The predicted molar refractivity (Wildman–Crippen MR) is 70.8 cm³/mol. The Morgan fingerprint density at radius 2 is 2.00 bits per heavy atom. The maximum Gasteiger partial charge on any atom is 0.241 e. The van der Waals surface area contributed by atoms with Gasteiger partial charge in [-0.1, -0.05) is 18.2 Å². The molecule has 1 aliphatic heterocycles. The van der Waals surface area contributed by atoms with Gasteiger partial charge < -0.3 is 15.0 Å². The molecule has 0 saturated carbocycles. The predicted octanol–water partition coefficient (Wildman–Crippen LogP) is 0.804. The van der Waals surface area contributed by atoms with Crippen LogP contribution in [0.3, 0.4) is 0 Å². The number of benzene rings is 1. The zero-order chi connectivity index (χ0) is 13.5. The monoisotopic (exact) mass is 262 g/mol. The Kier molecular flexibility index (Phi) is 4.78. The Balaban J connectivity index is 1.70. The summed E-state index contributed by atoms with van der Waals surface area (Å²) in [5.41, 5.74) is 0. The van der Waals surface area contributed by atoms with Crippen molar-refractivity contribution in [2.75, 3.05) is 26.2 Å². The van der Waals surface area contributed by atoms with E-state index in [0.29, 0.717) is 26.1 Å². The molecule has 1 aromatic rings. The molecule has 2 amide bonds. The van der Waals surface area contributed by atoms with E-state index >= 15 is 0 Å². The fraction of sp³-hybridized carbons (Fsp3) is 0.429. The highest BCUT2D eigenvalue weighted by Gasteiger charge is 2.19. The first kappa shape index (κ1) is 13.4. The third-order valence-electron chi connectivity index (χ3n) is 2.98. The molecule has 0 spiro atoms. The van der Waals surface area contributed by atoms with Gasteiger partial charge in [-0.15, -0.1) is 0 Å². The van der Waals surface area contributed by atoms with Crippen LogP contribution < -0.4 is 10.1 Å². The molecule has 1 saturated heterocycles. The molecule has 0 aromatic heterocycles. The van der Waals surface area contributed by atoms with Crippen LogP contribution in [0.1, 0.15) is 12.8 Å². The first-order valence-corrected chi connectivity index (χ1v) is 6.48. The minimum absolute atomic E-state index is 0.0226. The third-order valence-corrected chi connectivity index (χ3v) is 2.98.